The number of carbonyl (C=O) groups excluding carboxylic acids is 1. The predicted molar refractivity (Wildman–Crippen MR) is 93.1 cm³/mol. The van der Waals surface area contributed by atoms with Crippen molar-refractivity contribution in [3.63, 3.8) is 0 Å². The summed E-state index contributed by atoms with van der Waals surface area (Å²) in [6.45, 7) is 12.5. The Labute approximate surface area is 152 Å². The minimum Gasteiger partial charge on any atom is -0.399 e. The van der Waals surface area contributed by atoms with Crippen LogP contribution in [0.3, 0.4) is 0 Å². The van der Waals surface area contributed by atoms with Gasteiger partial charge in [0.1, 0.15) is 11.4 Å². The molecule has 1 fully saturated rings. The van der Waals surface area contributed by atoms with Crippen LogP contribution in [0.1, 0.15) is 64.6 Å². The number of amides is 1. The van der Waals surface area contributed by atoms with Crippen molar-refractivity contribution in [2.75, 3.05) is 0 Å². The minimum absolute atomic E-state index is 0.00715. The topological polar surface area (TPSA) is 66.5 Å². The van der Waals surface area contributed by atoms with Crippen molar-refractivity contribution in [3.8, 4) is 0 Å². The zero-order valence-electron chi connectivity index (χ0n) is 16.2. The molecule has 0 aromatic carbocycles. The van der Waals surface area contributed by atoms with Crippen LogP contribution in [-0.2, 0) is 22.0 Å². The Bertz CT molecular complexity index is 702. The zero-order valence-corrected chi connectivity index (χ0v) is 16.2. The Balaban J connectivity index is 2.66. The summed E-state index contributed by atoms with van der Waals surface area (Å²) in [6, 6.07) is 0.911. The molecule has 0 bridgehead atoms. The van der Waals surface area contributed by atoms with Crippen LogP contribution in [0, 0.1) is 5.41 Å². The number of nitrogens with zero attached hydrogens (tertiary/aromatic N) is 1. The molecule has 9 heteroatoms. The molecule has 1 saturated heterocycles. The van der Waals surface area contributed by atoms with Gasteiger partial charge in [-0.2, -0.15) is 13.2 Å². The Morgan fingerprint density at radius 3 is 1.96 bits per heavy atom. The Morgan fingerprint density at radius 1 is 1.15 bits per heavy atom. The molecule has 2 rings (SSSR count). The highest BCUT2D eigenvalue weighted by Gasteiger charge is 2.54. The molecule has 0 spiro atoms. The molecule has 1 aromatic heterocycles. The number of rotatable bonds is 3. The van der Waals surface area contributed by atoms with E-state index >= 15 is 0 Å². The van der Waals surface area contributed by atoms with Crippen molar-refractivity contribution in [1.82, 2.24) is 4.57 Å². The van der Waals surface area contributed by atoms with E-state index in [0.717, 1.165) is 10.6 Å². The van der Waals surface area contributed by atoms with Gasteiger partial charge in [-0.3, -0.25) is 4.79 Å². The van der Waals surface area contributed by atoms with Crippen molar-refractivity contribution in [2.45, 2.75) is 72.4 Å². The van der Waals surface area contributed by atoms with Crippen LogP contribution in [-0.4, -0.2) is 28.8 Å². The number of alkyl halides is 3. The summed E-state index contributed by atoms with van der Waals surface area (Å²) in [6.07, 6.45) is -4.64. The highest BCUT2D eigenvalue weighted by Crippen LogP contribution is 2.38. The monoisotopic (exact) mass is 374 g/mol. The molecule has 1 aromatic rings. The molecule has 0 aliphatic carbocycles. The summed E-state index contributed by atoms with van der Waals surface area (Å²) in [5, 5.41) is 0. The lowest BCUT2D eigenvalue weighted by Crippen LogP contribution is -2.41. The lowest BCUT2D eigenvalue weighted by molar-refractivity contribution is -0.144. The van der Waals surface area contributed by atoms with Crippen LogP contribution in [0.15, 0.2) is 6.07 Å². The summed E-state index contributed by atoms with van der Waals surface area (Å²) in [7, 11) is -1.11. The van der Waals surface area contributed by atoms with Gasteiger partial charge >= 0.3 is 13.3 Å². The van der Waals surface area contributed by atoms with Crippen molar-refractivity contribution < 1.29 is 27.3 Å². The van der Waals surface area contributed by atoms with E-state index in [1.165, 1.54) is 0 Å². The first kappa shape index (κ1) is 20.8. The van der Waals surface area contributed by atoms with E-state index in [4.69, 9.17) is 15.0 Å². The fraction of sp³-hybridized carbons (Fsp3) is 0.706. The first-order valence-corrected chi connectivity index (χ1v) is 8.42. The van der Waals surface area contributed by atoms with E-state index < -0.39 is 41.5 Å². The van der Waals surface area contributed by atoms with Crippen LogP contribution in [0.4, 0.5) is 13.2 Å². The largest absolute Gasteiger partial charge is 0.497 e. The molecule has 1 aliphatic rings. The third kappa shape index (κ3) is 3.78. The number of nitrogens with two attached hydrogens (primary N) is 1. The standard InChI is InChI=1S/C17H26BF3N2O3/c1-14(2,3)9-23-11(17(19,20)21)8-10(12(23)13(22)24)18-25-15(4,5)16(6,7)26-18/h8H,9H2,1-7H3,(H2,22,24). The molecule has 0 unspecified atom stereocenters. The lowest BCUT2D eigenvalue weighted by atomic mass is 9.78. The van der Waals surface area contributed by atoms with Crippen LogP contribution >= 0.6 is 0 Å². The van der Waals surface area contributed by atoms with Crippen LogP contribution < -0.4 is 11.2 Å². The quantitative estimate of drug-likeness (QED) is 0.828. The van der Waals surface area contributed by atoms with E-state index in [1.54, 1.807) is 48.5 Å². The fourth-order valence-corrected chi connectivity index (χ4v) is 2.87. The molecular formula is C17H26BF3N2O3. The van der Waals surface area contributed by atoms with Crippen molar-refractivity contribution in [1.29, 1.82) is 0 Å². The molecule has 0 saturated carbocycles. The van der Waals surface area contributed by atoms with Gasteiger partial charge in [0.25, 0.3) is 5.91 Å². The SMILES string of the molecule is CC(C)(C)Cn1c(C(F)(F)F)cc(B2OC(C)(C)C(C)(C)O2)c1C(N)=O. The maximum atomic E-state index is 13.6. The van der Waals surface area contributed by atoms with Gasteiger partial charge in [0.05, 0.1) is 11.2 Å². The van der Waals surface area contributed by atoms with Gasteiger partial charge < -0.3 is 19.6 Å². The molecule has 0 radical (unpaired) electrons. The Kier molecular flexibility index (Phi) is 4.82. The first-order valence-electron chi connectivity index (χ1n) is 8.42. The van der Waals surface area contributed by atoms with Crippen LogP contribution in [0.5, 0.6) is 0 Å². The number of hydrogen-bond acceptors (Lipinski definition) is 3. The van der Waals surface area contributed by atoms with Gasteiger partial charge in [-0.1, -0.05) is 20.8 Å². The average molecular weight is 374 g/mol. The normalized spacial score (nSPS) is 19.8. The lowest BCUT2D eigenvalue weighted by Gasteiger charge is -2.32. The molecule has 146 valence electrons. The maximum absolute atomic E-state index is 13.6. The first-order chi connectivity index (χ1) is 11.5. The van der Waals surface area contributed by atoms with E-state index in [1.807, 2.05) is 0 Å². The van der Waals surface area contributed by atoms with Crippen LogP contribution in [0.2, 0.25) is 0 Å². The van der Waals surface area contributed by atoms with Crippen molar-refractivity contribution >= 4 is 18.5 Å². The average Bonchev–Trinajstić information content (AvgIpc) is 2.82. The highest BCUT2D eigenvalue weighted by molar-refractivity contribution is 6.63. The van der Waals surface area contributed by atoms with Gasteiger partial charge in [-0.05, 0) is 39.2 Å². The summed E-state index contributed by atoms with van der Waals surface area (Å²) >= 11 is 0. The molecule has 2 heterocycles. The van der Waals surface area contributed by atoms with Gasteiger partial charge in [0.2, 0.25) is 0 Å². The van der Waals surface area contributed by atoms with Crippen molar-refractivity contribution in [2.24, 2.45) is 11.1 Å². The molecule has 2 N–H and O–H groups in total. The highest BCUT2D eigenvalue weighted by atomic mass is 19.4. The Morgan fingerprint density at radius 2 is 1.62 bits per heavy atom. The molecule has 1 aliphatic heterocycles. The third-order valence-electron chi connectivity index (χ3n) is 4.79. The molecule has 26 heavy (non-hydrogen) atoms. The van der Waals surface area contributed by atoms with Gasteiger partial charge in [-0.25, -0.2) is 0 Å². The van der Waals surface area contributed by atoms with E-state index in [9.17, 15) is 18.0 Å². The summed E-state index contributed by atoms with van der Waals surface area (Å²) < 4.78 is 53.5. The number of aromatic nitrogens is 1. The summed E-state index contributed by atoms with van der Waals surface area (Å²) in [5.74, 6) is -0.950. The van der Waals surface area contributed by atoms with E-state index in [0.29, 0.717) is 0 Å². The fourth-order valence-electron chi connectivity index (χ4n) is 2.87. The minimum atomic E-state index is -4.64. The molecule has 5 nitrogen and oxygen atoms in total. The number of halogens is 3. The smallest absolute Gasteiger partial charge is 0.399 e. The summed E-state index contributed by atoms with van der Waals surface area (Å²) in [4.78, 5) is 12.1. The van der Waals surface area contributed by atoms with Crippen LogP contribution in [0.25, 0.3) is 0 Å². The molecule has 0 atom stereocenters. The van der Waals surface area contributed by atoms with Crippen molar-refractivity contribution in [3.05, 3.63) is 17.5 Å². The van der Waals surface area contributed by atoms with E-state index in [-0.39, 0.29) is 17.7 Å². The number of primary amides is 1. The second kappa shape index (κ2) is 6.02. The van der Waals surface area contributed by atoms with Gasteiger partial charge in [-0.15, -0.1) is 0 Å². The second-order valence-corrected chi connectivity index (χ2v) is 8.93. The maximum Gasteiger partial charge on any atom is 0.497 e. The van der Waals surface area contributed by atoms with Gasteiger partial charge in [0, 0.05) is 12.0 Å². The zero-order chi connectivity index (χ0) is 20.3. The second-order valence-electron chi connectivity index (χ2n) is 8.93. The van der Waals surface area contributed by atoms with E-state index in [2.05, 4.69) is 0 Å². The predicted octanol–water partition coefficient (Wildman–Crippen LogP) is 2.95. The molecule has 1 amide bonds. The number of hydrogen-bond donors (Lipinski definition) is 1. The number of carbonyl (C=O) groups is 1. The third-order valence-corrected chi connectivity index (χ3v) is 4.79. The summed E-state index contributed by atoms with van der Waals surface area (Å²) in [5.41, 5.74) is 2.28. The Hall–Kier alpha value is -1.48. The van der Waals surface area contributed by atoms with Gasteiger partial charge in [0.15, 0.2) is 0 Å². The molecular weight excluding hydrogens is 348 g/mol.